The van der Waals surface area contributed by atoms with Crippen molar-refractivity contribution < 1.29 is 27.9 Å². The van der Waals surface area contributed by atoms with Gasteiger partial charge in [-0.3, -0.25) is 4.79 Å². The average Bonchev–Trinajstić information content (AvgIpc) is 2.60. The summed E-state index contributed by atoms with van der Waals surface area (Å²) in [6.07, 6.45) is 0. The zero-order valence-electron chi connectivity index (χ0n) is 13.4. The van der Waals surface area contributed by atoms with Crippen LogP contribution in [0.3, 0.4) is 0 Å². The van der Waals surface area contributed by atoms with Gasteiger partial charge < -0.3 is 9.84 Å². The molecule has 0 aliphatic heterocycles. The molecule has 2 rings (SSSR count). The van der Waals surface area contributed by atoms with Crippen LogP contribution < -0.4 is 4.72 Å². The molecule has 0 amide bonds. The van der Waals surface area contributed by atoms with Crippen molar-refractivity contribution in [1.29, 1.82) is 0 Å². The first-order chi connectivity index (χ1) is 11.8. The fraction of sp³-hybridized carbons (Fsp3) is 0.176. The second kappa shape index (κ2) is 7.91. The van der Waals surface area contributed by atoms with Crippen molar-refractivity contribution in [3.05, 3.63) is 54.1 Å². The number of rotatable bonds is 7. The SMILES string of the molecule is CCOC(=O)CNS(=O)(=O)c1ccc(-c2ccccc2C(=O)O)cc1. The highest BCUT2D eigenvalue weighted by Crippen LogP contribution is 2.25. The number of carboxylic acid groups (broad SMARTS) is 1. The van der Waals surface area contributed by atoms with Crippen molar-refractivity contribution in [3.63, 3.8) is 0 Å². The third kappa shape index (κ3) is 4.65. The molecule has 0 radical (unpaired) electrons. The summed E-state index contributed by atoms with van der Waals surface area (Å²) < 4.78 is 31.1. The maximum Gasteiger partial charge on any atom is 0.336 e. The van der Waals surface area contributed by atoms with E-state index in [0.29, 0.717) is 11.1 Å². The quantitative estimate of drug-likeness (QED) is 0.727. The Kier molecular flexibility index (Phi) is 5.89. The lowest BCUT2D eigenvalue weighted by Gasteiger charge is -2.09. The summed E-state index contributed by atoms with van der Waals surface area (Å²) >= 11 is 0. The van der Waals surface area contributed by atoms with Crippen LogP contribution in [0.25, 0.3) is 11.1 Å². The second-order valence-electron chi connectivity index (χ2n) is 5.00. The molecule has 2 aromatic carbocycles. The predicted octanol–water partition coefficient (Wildman–Crippen LogP) is 1.89. The Hall–Kier alpha value is -2.71. The predicted molar refractivity (Wildman–Crippen MR) is 90.7 cm³/mol. The van der Waals surface area contributed by atoms with E-state index in [0.717, 1.165) is 0 Å². The Morgan fingerprint density at radius 3 is 2.32 bits per heavy atom. The fourth-order valence-electron chi connectivity index (χ4n) is 2.18. The van der Waals surface area contributed by atoms with Crippen LogP contribution in [0.15, 0.2) is 53.4 Å². The first-order valence-electron chi connectivity index (χ1n) is 7.43. The number of esters is 1. The molecule has 0 spiro atoms. The van der Waals surface area contributed by atoms with Crippen LogP contribution in [0.4, 0.5) is 0 Å². The number of ether oxygens (including phenoxy) is 1. The Balaban J connectivity index is 2.23. The third-order valence-electron chi connectivity index (χ3n) is 3.34. The number of aromatic carboxylic acids is 1. The maximum atomic E-state index is 12.2. The highest BCUT2D eigenvalue weighted by Gasteiger charge is 2.17. The lowest BCUT2D eigenvalue weighted by Crippen LogP contribution is -2.30. The van der Waals surface area contributed by atoms with Crippen molar-refractivity contribution in [2.24, 2.45) is 0 Å². The van der Waals surface area contributed by atoms with E-state index in [-0.39, 0.29) is 17.1 Å². The summed E-state index contributed by atoms with van der Waals surface area (Å²) in [5.41, 5.74) is 1.18. The summed E-state index contributed by atoms with van der Waals surface area (Å²) in [7, 11) is -3.87. The summed E-state index contributed by atoms with van der Waals surface area (Å²) in [6, 6.07) is 12.2. The molecule has 0 atom stereocenters. The lowest BCUT2D eigenvalue weighted by atomic mass is 10.00. The van der Waals surface area contributed by atoms with E-state index in [4.69, 9.17) is 0 Å². The molecule has 0 bridgehead atoms. The van der Waals surface area contributed by atoms with Crippen molar-refractivity contribution in [3.8, 4) is 11.1 Å². The molecule has 0 unspecified atom stereocenters. The molecule has 8 heteroatoms. The molecular weight excluding hydrogens is 346 g/mol. The highest BCUT2D eigenvalue weighted by molar-refractivity contribution is 7.89. The van der Waals surface area contributed by atoms with Crippen molar-refractivity contribution in [1.82, 2.24) is 4.72 Å². The Labute approximate surface area is 145 Å². The molecular formula is C17H17NO6S. The van der Waals surface area contributed by atoms with Gasteiger partial charge in [0.2, 0.25) is 10.0 Å². The monoisotopic (exact) mass is 363 g/mol. The molecule has 0 aliphatic carbocycles. The van der Waals surface area contributed by atoms with Crippen LogP contribution in [-0.4, -0.2) is 38.6 Å². The van der Waals surface area contributed by atoms with Gasteiger partial charge in [0.05, 0.1) is 17.1 Å². The van der Waals surface area contributed by atoms with Crippen molar-refractivity contribution in [2.45, 2.75) is 11.8 Å². The van der Waals surface area contributed by atoms with Gasteiger partial charge in [0, 0.05) is 0 Å². The average molecular weight is 363 g/mol. The zero-order valence-corrected chi connectivity index (χ0v) is 14.2. The van der Waals surface area contributed by atoms with E-state index in [2.05, 4.69) is 9.46 Å². The van der Waals surface area contributed by atoms with Crippen LogP contribution in [0.2, 0.25) is 0 Å². The van der Waals surface area contributed by atoms with E-state index in [1.165, 1.54) is 30.3 Å². The van der Waals surface area contributed by atoms with Gasteiger partial charge in [-0.1, -0.05) is 30.3 Å². The molecule has 0 heterocycles. The van der Waals surface area contributed by atoms with Gasteiger partial charge in [0.1, 0.15) is 6.54 Å². The van der Waals surface area contributed by atoms with E-state index in [1.807, 2.05) is 0 Å². The number of hydrogen-bond acceptors (Lipinski definition) is 5. The van der Waals surface area contributed by atoms with Gasteiger partial charge in [-0.15, -0.1) is 0 Å². The minimum atomic E-state index is -3.87. The van der Waals surface area contributed by atoms with E-state index < -0.39 is 28.5 Å². The zero-order chi connectivity index (χ0) is 18.4. The van der Waals surface area contributed by atoms with Gasteiger partial charge in [0.15, 0.2) is 0 Å². The topological polar surface area (TPSA) is 110 Å². The highest BCUT2D eigenvalue weighted by atomic mass is 32.2. The number of benzene rings is 2. The van der Waals surface area contributed by atoms with Crippen LogP contribution >= 0.6 is 0 Å². The summed E-state index contributed by atoms with van der Waals surface area (Å²) in [4.78, 5) is 22.5. The van der Waals surface area contributed by atoms with Crippen LogP contribution in [0.5, 0.6) is 0 Å². The molecule has 0 saturated heterocycles. The molecule has 0 fully saturated rings. The smallest absolute Gasteiger partial charge is 0.336 e. The molecule has 0 saturated carbocycles. The summed E-state index contributed by atoms with van der Waals surface area (Å²) in [5.74, 6) is -1.73. The molecule has 7 nitrogen and oxygen atoms in total. The van der Waals surface area contributed by atoms with E-state index in [9.17, 15) is 23.1 Å². The molecule has 25 heavy (non-hydrogen) atoms. The molecule has 0 aliphatic rings. The second-order valence-corrected chi connectivity index (χ2v) is 6.77. The normalized spacial score (nSPS) is 11.1. The number of hydrogen-bond donors (Lipinski definition) is 2. The van der Waals surface area contributed by atoms with Gasteiger partial charge in [-0.25, -0.2) is 13.2 Å². The Bertz CT molecular complexity index is 874. The molecule has 132 valence electrons. The van der Waals surface area contributed by atoms with Gasteiger partial charge in [-0.05, 0) is 36.2 Å². The first-order valence-corrected chi connectivity index (χ1v) is 8.91. The lowest BCUT2D eigenvalue weighted by molar-refractivity contribution is -0.141. The number of carbonyl (C=O) groups excluding carboxylic acids is 1. The first kappa shape index (κ1) is 18.6. The van der Waals surface area contributed by atoms with Crippen molar-refractivity contribution >= 4 is 22.0 Å². The maximum absolute atomic E-state index is 12.2. The van der Waals surface area contributed by atoms with Gasteiger partial charge in [-0.2, -0.15) is 4.72 Å². The summed E-state index contributed by atoms with van der Waals surface area (Å²) in [5, 5.41) is 9.23. The Morgan fingerprint density at radius 1 is 1.08 bits per heavy atom. The minimum absolute atomic E-state index is 0.0339. The van der Waals surface area contributed by atoms with E-state index >= 15 is 0 Å². The Morgan fingerprint density at radius 2 is 1.72 bits per heavy atom. The van der Waals surface area contributed by atoms with Gasteiger partial charge in [0.25, 0.3) is 0 Å². The van der Waals surface area contributed by atoms with Crippen LogP contribution in [0, 0.1) is 0 Å². The molecule has 2 N–H and O–H groups in total. The molecule has 2 aromatic rings. The van der Waals surface area contributed by atoms with Crippen LogP contribution in [0.1, 0.15) is 17.3 Å². The van der Waals surface area contributed by atoms with Crippen molar-refractivity contribution in [2.75, 3.05) is 13.2 Å². The van der Waals surface area contributed by atoms with E-state index in [1.54, 1.807) is 25.1 Å². The number of carbonyl (C=O) groups is 2. The van der Waals surface area contributed by atoms with Crippen LogP contribution in [-0.2, 0) is 19.6 Å². The van der Waals surface area contributed by atoms with Gasteiger partial charge >= 0.3 is 11.9 Å². The largest absolute Gasteiger partial charge is 0.478 e. The standard InChI is InChI=1S/C17H17NO6S/c1-2-24-16(19)11-18-25(22,23)13-9-7-12(8-10-13)14-5-3-4-6-15(14)17(20)21/h3-10,18H,2,11H2,1H3,(H,20,21). The minimum Gasteiger partial charge on any atom is -0.478 e. The summed E-state index contributed by atoms with van der Waals surface area (Å²) in [6.45, 7) is 1.33. The molecule has 0 aromatic heterocycles. The third-order valence-corrected chi connectivity index (χ3v) is 4.76. The number of nitrogens with one attached hydrogen (secondary N) is 1. The number of carboxylic acids is 1. The fourth-order valence-corrected chi connectivity index (χ4v) is 3.15. The number of sulfonamides is 1.